The Bertz CT molecular complexity index is 173. The third-order valence-corrected chi connectivity index (χ3v) is 2.89. The van der Waals surface area contributed by atoms with Gasteiger partial charge in [-0.3, -0.25) is 11.3 Å². The summed E-state index contributed by atoms with van der Waals surface area (Å²) in [5, 5.41) is 0. The molecule has 0 amide bonds. The summed E-state index contributed by atoms with van der Waals surface area (Å²) in [6.07, 6.45) is 8.81. The molecule has 1 aliphatic rings. The van der Waals surface area contributed by atoms with E-state index < -0.39 is 0 Å². The summed E-state index contributed by atoms with van der Waals surface area (Å²) in [5.74, 6) is 6.13. The molecule has 2 heteroatoms. The lowest BCUT2D eigenvalue weighted by atomic mass is 9.90. The van der Waals surface area contributed by atoms with Gasteiger partial charge in [0.1, 0.15) is 0 Å². The Morgan fingerprint density at radius 3 is 2.69 bits per heavy atom. The summed E-state index contributed by atoms with van der Waals surface area (Å²) < 4.78 is 0. The average Bonchev–Trinajstić information content (AvgIpc) is 2.15. The van der Waals surface area contributed by atoms with Crippen LogP contribution in [0.1, 0.15) is 46.0 Å². The first-order chi connectivity index (χ1) is 6.24. The first-order valence-corrected chi connectivity index (χ1v) is 5.38. The number of allylic oxidation sites excluding steroid dienone is 1. The fraction of sp³-hybridized carbons (Fsp3) is 0.818. The molecule has 0 aromatic carbocycles. The summed E-state index contributed by atoms with van der Waals surface area (Å²) >= 11 is 0. The maximum Gasteiger partial charge on any atom is 0.0270 e. The Hall–Kier alpha value is -0.340. The summed E-state index contributed by atoms with van der Waals surface area (Å²) in [7, 11) is 0. The van der Waals surface area contributed by atoms with Crippen LogP contribution >= 0.6 is 0 Å². The molecule has 0 radical (unpaired) electrons. The predicted octanol–water partition coefficient (Wildman–Crippen LogP) is 2.36. The predicted molar refractivity (Wildman–Crippen MR) is 57.1 cm³/mol. The molecule has 1 atom stereocenters. The van der Waals surface area contributed by atoms with Gasteiger partial charge in [-0.05, 0) is 38.0 Å². The molecule has 1 rings (SSSR count). The van der Waals surface area contributed by atoms with Gasteiger partial charge in [0.2, 0.25) is 0 Å². The average molecular weight is 182 g/mol. The van der Waals surface area contributed by atoms with E-state index in [9.17, 15) is 0 Å². The molecule has 76 valence electrons. The zero-order valence-corrected chi connectivity index (χ0v) is 8.84. The minimum Gasteiger partial charge on any atom is -0.271 e. The number of nitrogens with one attached hydrogen (secondary N) is 1. The molecule has 0 spiro atoms. The molecule has 0 aliphatic heterocycles. The van der Waals surface area contributed by atoms with Crippen LogP contribution in [0, 0.1) is 5.92 Å². The quantitative estimate of drug-likeness (QED) is 0.398. The second kappa shape index (κ2) is 5.40. The fourth-order valence-corrected chi connectivity index (χ4v) is 1.86. The molecule has 0 fully saturated rings. The normalized spacial score (nSPS) is 20.2. The van der Waals surface area contributed by atoms with Crippen molar-refractivity contribution in [1.29, 1.82) is 0 Å². The van der Waals surface area contributed by atoms with E-state index in [0.29, 0.717) is 12.0 Å². The van der Waals surface area contributed by atoms with E-state index in [1.54, 1.807) is 5.57 Å². The lowest BCUT2D eigenvalue weighted by Crippen LogP contribution is -2.39. The van der Waals surface area contributed by atoms with E-state index in [2.05, 4.69) is 25.3 Å². The lowest BCUT2D eigenvalue weighted by molar-refractivity contribution is 0.397. The Kier molecular flexibility index (Phi) is 4.46. The summed E-state index contributed by atoms with van der Waals surface area (Å²) in [6.45, 7) is 4.43. The second-order valence-corrected chi connectivity index (χ2v) is 4.33. The van der Waals surface area contributed by atoms with Gasteiger partial charge in [-0.2, -0.15) is 0 Å². The minimum atomic E-state index is 0.448. The number of hydrogen-bond donors (Lipinski definition) is 2. The number of rotatable bonds is 4. The molecule has 3 N–H and O–H groups in total. The number of nitrogens with two attached hydrogens (primary N) is 1. The van der Waals surface area contributed by atoms with Gasteiger partial charge in [0, 0.05) is 6.04 Å². The van der Waals surface area contributed by atoms with Crippen LogP contribution in [-0.4, -0.2) is 6.04 Å². The Morgan fingerprint density at radius 2 is 2.23 bits per heavy atom. The first kappa shape index (κ1) is 10.7. The topological polar surface area (TPSA) is 38.0 Å². The van der Waals surface area contributed by atoms with Crippen molar-refractivity contribution in [1.82, 2.24) is 5.43 Å². The van der Waals surface area contributed by atoms with Gasteiger partial charge in [-0.1, -0.05) is 25.5 Å². The van der Waals surface area contributed by atoms with E-state index in [0.717, 1.165) is 6.42 Å². The van der Waals surface area contributed by atoms with Crippen molar-refractivity contribution < 1.29 is 0 Å². The van der Waals surface area contributed by atoms with Gasteiger partial charge >= 0.3 is 0 Å². The molecule has 0 saturated heterocycles. The smallest absolute Gasteiger partial charge is 0.0270 e. The first-order valence-electron chi connectivity index (χ1n) is 5.38. The van der Waals surface area contributed by atoms with Crippen LogP contribution in [0.3, 0.4) is 0 Å². The molecule has 0 bridgehead atoms. The molecule has 0 aromatic rings. The van der Waals surface area contributed by atoms with Crippen molar-refractivity contribution in [2.45, 2.75) is 52.0 Å². The Morgan fingerprint density at radius 1 is 1.46 bits per heavy atom. The fourth-order valence-electron chi connectivity index (χ4n) is 1.86. The number of hydrogen-bond acceptors (Lipinski definition) is 2. The van der Waals surface area contributed by atoms with Gasteiger partial charge < -0.3 is 0 Å². The van der Waals surface area contributed by atoms with Crippen molar-refractivity contribution in [2.24, 2.45) is 11.8 Å². The third-order valence-electron chi connectivity index (χ3n) is 2.89. The van der Waals surface area contributed by atoms with Crippen molar-refractivity contribution in [2.75, 3.05) is 0 Å². The monoisotopic (exact) mass is 182 g/mol. The third kappa shape index (κ3) is 3.49. The molecule has 0 aromatic heterocycles. The highest BCUT2D eigenvalue weighted by atomic mass is 15.2. The molecular formula is C11H22N2. The van der Waals surface area contributed by atoms with Crippen LogP contribution in [0.5, 0.6) is 0 Å². The van der Waals surface area contributed by atoms with Gasteiger partial charge in [0.05, 0.1) is 0 Å². The highest BCUT2D eigenvalue weighted by molar-refractivity contribution is 5.07. The summed E-state index contributed by atoms with van der Waals surface area (Å²) in [6, 6.07) is 0.448. The van der Waals surface area contributed by atoms with Crippen molar-refractivity contribution >= 4 is 0 Å². The minimum absolute atomic E-state index is 0.448. The van der Waals surface area contributed by atoms with Crippen LogP contribution in [0.2, 0.25) is 0 Å². The highest BCUT2D eigenvalue weighted by Crippen LogP contribution is 2.23. The lowest BCUT2D eigenvalue weighted by Gasteiger charge is -2.22. The molecule has 0 saturated carbocycles. The molecule has 1 unspecified atom stereocenters. The molecule has 1 aliphatic carbocycles. The van der Waals surface area contributed by atoms with Crippen molar-refractivity contribution in [3.05, 3.63) is 11.6 Å². The summed E-state index contributed by atoms with van der Waals surface area (Å²) in [5.41, 5.74) is 4.51. The largest absolute Gasteiger partial charge is 0.271 e. The molecule has 2 nitrogen and oxygen atoms in total. The van der Waals surface area contributed by atoms with Gasteiger partial charge in [0.25, 0.3) is 0 Å². The maximum absolute atomic E-state index is 5.51. The van der Waals surface area contributed by atoms with E-state index in [-0.39, 0.29) is 0 Å². The van der Waals surface area contributed by atoms with Gasteiger partial charge in [-0.25, -0.2) is 0 Å². The molecular weight excluding hydrogens is 160 g/mol. The van der Waals surface area contributed by atoms with Gasteiger partial charge in [-0.15, -0.1) is 0 Å². The second-order valence-electron chi connectivity index (χ2n) is 4.33. The van der Waals surface area contributed by atoms with E-state index in [1.165, 1.54) is 25.7 Å². The molecule has 0 heterocycles. The molecule has 13 heavy (non-hydrogen) atoms. The van der Waals surface area contributed by atoms with Crippen molar-refractivity contribution in [3.63, 3.8) is 0 Å². The van der Waals surface area contributed by atoms with E-state index in [1.807, 2.05) is 0 Å². The standard InChI is InChI=1S/C11H22N2/c1-9(2)11(13-12)8-10-6-4-3-5-7-10/h6,9,11,13H,3-5,7-8,12H2,1-2H3. The SMILES string of the molecule is CC(C)C(CC1=CCCCC1)NN. The zero-order valence-electron chi connectivity index (χ0n) is 8.84. The van der Waals surface area contributed by atoms with Crippen LogP contribution in [0.4, 0.5) is 0 Å². The highest BCUT2D eigenvalue weighted by Gasteiger charge is 2.14. The summed E-state index contributed by atoms with van der Waals surface area (Å²) in [4.78, 5) is 0. The van der Waals surface area contributed by atoms with E-state index >= 15 is 0 Å². The van der Waals surface area contributed by atoms with Crippen LogP contribution in [-0.2, 0) is 0 Å². The van der Waals surface area contributed by atoms with Crippen molar-refractivity contribution in [3.8, 4) is 0 Å². The maximum atomic E-state index is 5.51. The number of hydrazine groups is 1. The Balaban J connectivity index is 2.40. The van der Waals surface area contributed by atoms with Crippen LogP contribution < -0.4 is 11.3 Å². The van der Waals surface area contributed by atoms with Gasteiger partial charge in [0.15, 0.2) is 0 Å². The van der Waals surface area contributed by atoms with E-state index in [4.69, 9.17) is 5.84 Å². The van der Waals surface area contributed by atoms with Crippen LogP contribution in [0.15, 0.2) is 11.6 Å². The van der Waals surface area contributed by atoms with Crippen LogP contribution in [0.25, 0.3) is 0 Å². The zero-order chi connectivity index (χ0) is 9.68. The Labute approximate surface area is 81.6 Å².